The first-order chi connectivity index (χ1) is 11.5. The van der Waals surface area contributed by atoms with Gasteiger partial charge in [-0.05, 0) is 18.6 Å². The Morgan fingerprint density at radius 1 is 1.21 bits per heavy atom. The normalized spacial score (nSPS) is 16.5. The van der Waals surface area contributed by atoms with E-state index in [1.165, 1.54) is 11.3 Å². The first-order valence-corrected chi connectivity index (χ1v) is 10.5. The van der Waals surface area contributed by atoms with Crippen molar-refractivity contribution in [2.75, 3.05) is 36.8 Å². The minimum Gasteiger partial charge on any atom is -0.507 e. The van der Waals surface area contributed by atoms with Crippen molar-refractivity contribution >= 4 is 26.5 Å². The molecule has 0 spiro atoms. The summed E-state index contributed by atoms with van der Waals surface area (Å²) in [7, 11) is -3.13. The van der Waals surface area contributed by atoms with Crippen molar-refractivity contribution in [3.63, 3.8) is 0 Å². The van der Waals surface area contributed by atoms with Crippen LogP contribution in [0.4, 0.5) is 5.13 Å². The Bertz CT molecular complexity index is 796. The number of hydrogen-bond donors (Lipinski definition) is 1. The van der Waals surface area contributed by atoms with E-state index < -0.39 is 10.0 Å². The molecular weight excluding hydrogens is 346 g/mol. The van der Waals surface area contributed by atoms with Crippen molar-refractivity contribution in [3.8, 4) is 17.0 Å². The van der Waals surface area contributed by atoms with Gasteiger partial charge in [0.2, 0.25) is 10.0 Å². The number of aromatic hydroxyl groups is 1. The van der Waals surface area contributed by atoms with Crippen LogP contribution in [-0.2, 0) is 10.0 Å². The third-order valence-electron chi connectivity index (χ3n) is 4.04. The van der Waals surface area contributed by atoms with Crippen LogP contribution < -0.4 is 4.90 Å². The summed E-state index contributed by atoms with van der Waals surface area (Å²) in [5.74, 6) is 0.423. The number of hydrogen-bond acceptors (Lipinski definition) is 6. The van der Waals surface area contributed by atoms with Gasteiger partial charge in [-0.1, -0.05) is 19.1 Å². The molecule has 0 radical (unpaired) electrons. The third kappa shape index (κ3) is 3.55. The van der Waals surface area contributed by atoms with Crippen molar-refractivity contribution in [2.24, 2.45) is 0 Å². The van der Waals surface area contributed by atoms with Crippen molar-refractivity contribution in [3.05, 3.63) is 29.6 Å². The van der Waals surface area contributed by atoms with Gasteiger partial charge < -0.3 is 10.0 Å². The number of thiazole rings is 1. The topological polar surface area (TPSA) is 73.7 Å². The Morgan fingerprint density at radius 3 is 2.58 bits per heavy atom. The van der Waals surface area contributed by atoms with Gasteiger partial charge in [0.05, 0.1) is 11.4 Å². The van der Waals surface area contributed by atoms with Crippen LogP contribution in [0, 0.1) is 0 Å². The Labute approximate surface area is 146 Å². The Balaban J connectivity index is 1.69. The number of rotatable bonds is 5. The van der Waals surface area contributed by atoms with Crippen LogP contribution in [0.2, 0.25) is 0 Å². The van der Waals surface area contributed by atoms with E-state index in [2.05, 4.69) is 9.88 Å². The molecule has 0 atom stereocenters. The molecule has 0 unspecified atom stereocenters. The summed E-state index contributed by atoms with van der Waals surface area (Å²) < 4.78 is 25.8. The molecule has 1 fully saturated rings. The average Bonchev–Trinajstić information content (AvgIpc) is 3.05. The van der Waals surface area contributed by atoms with Gasteiger partial charge in [0.1, 0.15) is 5.75 Å². The van der Waals surface area contributed by atoms with Crippen LogP contribution >= 0.6 is 11.3 Å². The highest BCUT2D eigenvalue weighted by atomic mass is 32.2. The van der Waals surface area contributed by atoms with Gasteiger partial charge in [-0.2, -0.15) is 4.31 Å². The lowest BCUT2D eigenvalue weighted by Gasteiger charge is -2.33. The third-order valence-corrected chi connectivity index (χ3v) is 7.01. The molecule has 0 saturated carbocycles. The predicted octanol–water partition coefficient (Wildman–Crippen LogP) is 2.38. The molecule has 2 aromatic rings. The van der Waals surface area contributed by atoms with E-state index in [-0.39, 0.29) is 11.5 Å². The van der Waals surface area contributed by atoms with Gasteiger partial charge in [0, 0.05) is 37.1 Å². The minimum absolute atomic E-state index is 0.210. The van der Waals surface area contributed by atoms with Crippen LogP contribution in [0.15, 0.2) is 29.6 Å². The molecule has 2 heterocycles. The molecule has 1 N–H and O–H groups in total. The van der Waals surface area contributed by atoms with E-state index in [1.54, 1.807) is 16.4 Å². The number of phenols is 1. The molecule has 6 nitrogen and oxygen atoms in total. The maximum atomic E-state index is 12.1. The molecule has 1 aliphatic rings. The Morgan fingerprint density at radius 2 is 1.92 bits per heavy atom. The van der Waals surface area contributed by atoms with Crippen LogP contribution in [0.3, 0.4) is 0 Å². The van der Waals surface area contributed by atoms with Gasteiger partial charge in [0.15, 0.2) is 5.13 Å². The molecule has 3 rings (SSSR count). The molecule has 1 aliphatic heterocycles. The molecule has 24 heavy (non-hydrogen) atoms. The van der Waals surface area contributed by atoms with Gasteiger partial charge in [-0.15, -0.1) is 11.3 Å². The van der Waals surface area contributed by atoms with Gasteiger partial charge in [-0.25, -0.2) is 13.4 Å². The molecule has 0 amide bonds. The maximum Gasteiger partial charge on any atom is 0.214 e. The number of anilines is 1. The second-order valence-electron chi connectivity index (χ2n) is 5.73. The zero-order valence-corrected chi connectivity index (χ0v) is 15.2. The second kappa shape index (κ2) is 7.08. The summed E-state index contributed by atoms with van der Waals surface area (Å²) in [6.07, 6.45) is 0.638. The Kier molecular flexibility index (Phi) is 5.07. The number of sulfonamides is 1. The average molecular weight is 367 g/mol. The predicted molar refractivity (Wildman–Crippen MR) is 97.1 cm³/mol. The zero-order chi connectivity index (χ0) is 17.2. The highest BCUT2D eigenvalue weighted by Gasteiger charge is 2.27. The molecule has 130 valence electrons. The van der Waals surface area contributed by atoms with Crippen molar-refractivity contribution in [1.82, 2.24) is 9.29 Å². The van der Waals surface area contributed by atoms with Crippen molar-refractivity contribution in [2.45, 2.75) is 13.3 Å². The quantitative estimate of drug-likeness (QED) is 0.878. The molecule has 0 aliphatic carbocycles. The van der Waals surface area contributed by atoms with Crippen LogP contribution in [-0.4, -0.2) is 54.7 Å². The summed E-state index contributed by atoms with van der Waals surface area (Å²) >= 11 is 1.51. The summed E-state index contributed by atoms with van der Waals surface area (Å²) in [6.45, 7) is 4.14. The summed E-state index contributed by atoms with van der Waals surface area (Å²) in [5.41, 5.74) is 1.46. The van der Waals surface area contributed by atoms with E-state index in [4.69, 9.17) is 0 Å². The number of piperazine rings is 1. The standard InChI is InChI=1S/C16H21N3O3S2/c1-2-11-24(21,22)19-9-7-18(8-10-19)16-17-14(12-23-16)13-5-3-4-6-15(13)20/h3-6,12,20H,2,7-11H2,1H3. The van der Waals surface area contributed by atoms with Crippen molar-refractivity contribution < 1.29 is 13.5 Å². The molecule has 1 aromatic carbocycles. The number of aromatic nitrogens is 1. The lowest BCUT2D eigenvalue weighted by Crippen LogP contribution is -2.49. The monoisotopic (exact) mass is 367 g/mol. The first-order valence-electron chi connectivity index (χ1n) is 7.98. The van der Waals surface area contributed by atoms with E-state index in [9.17, 15) is 13.5 Å². The van der Waals surface area contributed by atoms with E-state index in [0.717, 1.165) is 10.8 Å². The SMILES string of the molecule is CCCS(=O)(=O)N1CCN(c2nc(-c3ccccc3O)cs2)CC1. The summed E-state index contributed by atoms with van der Waals surface area (Å²) in [5, 5.41) is 12.7. The minimum atomic E-state index is -3.13. The number of para-hydroxylation sites is 1. The first kappa shape index (κ1) is 17.2. The fourth-order valence-electron chi connectivity index (χ4n) is 2.77. The molecule has 0 bridgehead atoms. The largest absolute Gasteiger partial charge is 0.507 e. The zero-order valence-electron chi connectivity index (χ0n) is 13.6. The van der Waals surface area contributed by atoms with Crippen LogP contribution in [0.1, 0.15) is 13.3 Å². The van der Waals surface area contributed by atoms with E-state index >= 15 is 0 Å². The number of benzene rings is 1. The van der Waals surface area contributed by atoms with E-state index in [0.29, 0.717) is 38.2 Å². The smallest absolute Gasteiger partial charge is 0.214 e. The van der Waals surface area contributed by atoms with Gasteiger partial charge in [0.25, 0.3) is 0 Å². The lowest BCUT2D eigenvalue weighted by molar-refractivity contribution is 0.384. The summed E-state index contributed by atoms with van der Waals surface area (Å²) in [6, 6.07) is 7.13. The van der Waals surface area contributed by atoms with Gasteiger partial charge >= 0.3 is 0 Å². The fraction of sp³-hybridized carbons (Fsp3) is 0.438. The molecule has 8 heteroatoms. The van der Waals surface area contributed by atoms with Crippen LogP contribution in [0.5, 0.6) is 5.75 Å². The second-order valence-corrected chi connectivity index (χ2v) is 8.66. The van der Waals surface area contributed by atoms with E-state index in [1.807, 2.05) is 24.4 Å². The maximum absolute atomic E-state index is 12.1. The highest BCUT2D eigenvalue weighted by Crippen LogP contribution is 2.32. The fourth-order valence-corrected chi connectivity index (χ4v) is 5.14. The molecule has 1 aromatic heterocycles. The number of nitrogens with zero attached hydrogens (tertiary/aromatic N) is 3. The number of phenolic OH excluding ortho intramolecular Hbond substituents is 1. The Hall–Kier alpha value is -1.64. The highest BCUT2D eigenvalue weighted by molar-refractivity contribution is 7.89. The molecular formula is C16H21N3O3S2. The molecule has 1 saturated heterocycles. The van der Waals surface area contributed by atoms with Crippen LogP contribution in [0.25, 0.3) is 11.3 Å². The van der Waals surface area contributed by atoms with Crippen molar-refractivity contribution in [1.29, 1.82) is 0 Å². The summed E-state index contributed by atoms with van der Waals surface area (Å²) in [4.78, 5) is 6.71. The van der Waals surface area contributed by atoms with Gasteiger partial charge in [-0.3, -0.25) is 0 Å². The lowest BCUT2D eigenvalue weighted by atomic mass is 10.1.